The summed E-state index contributed by atoms with van der Waals surface area (Å²) in [5.41, 5.74) is 0. The first-order chi connectivity index (χ1) is 3.41. The topological polar surface area (TPSA) is 107 Å². The van der Waals surface area contributed by atoms with E-state index in [9.17, 15) is 0 Å². The summed E-state index contributed by atoms with van der Waals surface area (Å²) < 4.78 is 0. The van der Waals surface area contributed by atoms with Crippen LogP contribution in [0.3, 0.4) is 0 Å². The Kier molecular flexibility index (Phi) is 481. The molecule has 0 bridgehead atoms. The van der Waals surface area contributed by atoms with Gasteiger partial charge in [-0.2, -0.15) is 0 Å². The average molecular weight is 362 g/mol. The van der Waals surface area contributed by atoms with E-state index in [2.05, 4.69) is 0 Å². The Bertz CT molecular complexity index is 20.5. The summed E-state index contributed by atoms with van der Waals surface area (Å²) in [6.07, 6.45) is 0. The van der Waals surface area contributed by atoms with Gasteiger partial charge in [0.05, 0.1) is 0 Å². The fourth-order valence-corrected chi connectivity index (χ4v) is 0. The molecule has 66 valence electrons. The molecule has 0 aliphatic carbocycles. The summed E-state index contributed by atoms with van der Waals surface area (Å²) in [6, 6.07) is 0. The molecule has 7 heteroatoms. The van der Waals surface area contributed by atoms with Gasteiger partial charge in [0.2, 0.25) is 0 Å². The Morgan fingerprint density at radius 1 is 0.889 bits per heavy atom. The third kappa shape index (κ3) is 375. The molecule has 0 unspecified atom stereocenters. The normalized spacial score (nSPS) is 3.78. The van der Waals surface area contributed by atoms with Crippen molar-refractivity contribution in [2.24, 2.45) is 0 Å². The van der Waals surface area contributed by atoms with E-state index in [4.69, 9.17) is 29.0 Å². The van der Waals surface area contributed by atoms with Crippen molar-refractivity contribution in [3.63, 3.8) is 0 Å². The minimum Gasteiger partial charge on any atom is -0.693 e. The molecule has 0 radical (unpaired) electrons. The van der Waals surface area contributed by atoms with Gasteiger partial charge in [0.1, 0.15) is 0 Å². The second kappa shape index (κ2) is 135. The second-order valence-corrected chi connectivity index (χ2v) is 3.33. The number of halogens is 2. The number of rotatable bonds is 0. The first kappa shape index (κ1) is 32.1. The zero-order chi connectivity index (χ0) is 6.71. The van der Waals surface area contributed by atoms with Crippen LogP contribution in [-0.2, 0) is 16.5 Å². The van der Waals surface area contributed by atoms with E-state index < -0.39 is 16.5 Å². The van der Waals surface area contributed by atoms with E-state index in [-0.39, 0.29) is 12.3 Å². The van der Waals surface area contributed by atoms with Gasteiger partial charge >= 0.3 is 35.3 Å². The van der Waals surface area contributed by atoms with E-state index in [0.29, 0.717) is 0 Å². The van der Waals surface area contributed by atoms with Crippen molar-refractivity contribution in [1.29, 1.82) is 0 Å². The average Bonchev–Trinajstić information content (AvgIpc) is 1.78. The molecule has 0 heterocycles. The Balaban J connectivity index is -0.00000000825. The third-order valence-corrected chi connectivity index (χ3v) is 0. The molecule has 9 heavy (non-hydrogen) atoms. The number of aliphatic hydroxyl groups excluding tert-OH is 2. The molecular weight excluding hydrogens is 350 g/mol. The van der Waals surface area contributed by atoms with Crippen LogP contribution in [0.4, 0.5) is 0 Å². The van der Waals surface area contributed by atoms with E-state index >= 15 is 0 Å². The summed E-state index contributed by atoms with van der Waals surface area (Å²) in [5.74, 6) is 0. The van der Waals surface area contributed by atoms with Gasteiger partial charge in [-0.05, 0) is 0 Å². The predicted octanol–water partition coefficient (Wildman–Crippen LogP) is 2.03. The van der Waals surface area contributed by atoms with Crippen LogP contribution in [0.1, 0.15) is 0 Å². The SMILES string of the molecule is CO.CO.[Cl][Pt+2][Cl].[NH2-].[NH2-]. The minimum atomic E-state index is -0.472. The van der Waals surface area contributed by atoms with Crippen LogP contribution in [0.15, 0.2) is 0 Å². The molecule has 0 aliphatic rings. The van der Waals surface area contributed by atoms with Gasteiger partial charge in [-0.15, -0.1) is 0 Å². The summed E-state index contributed by atoms with van der Waals surface area (Å²) in [7, 11) is 11.8. The Morgan fingerprint density at radius 2 is 0.889 bits per heavy atom. The standard InChI is InChI=1S/2CH4O.2ClH.2H2N.Pt/c2*1-2;;;;;/h2*2H,1H3;2*1H;2*1H2;/q;;;;2*-1;+4/p-2. The van der Waals surface area contributed by atoms with Crippen molar-refractivity contribution < 1.29 is 26.7 Å². The number of aliphatic hydroxyl groups is 2. The maximum Gasteiger partial charge on any atom is -0.693 e. The molecule has 0 aliphatic heterocycles. The molecule has 0 spiro atoms. The van der Waals surface area contributed by atoms with Crippen LogP contribution in [0.2, 0.25) is 0 Å². The van der Waals surface area contributed by atoms with E-state index in [1.165, 1.54) is 0 Å². The Hall–Kier alpha value is 1.11. The fraction of sp³-hybridized carbons (Fsp3) is 1.00. The van der Waals surface area contributed by atoms with Crippen LogP contribution in [0.5, 0.6) is 0 Å². The van der Waals surface area contributed by atoms with Crippen LogP contribution in [0, 0.1) is 0 Å². The van der Waals surface area contributed by atoms with Gasteiger partial charge < -0.3 is 22.5 Å². The molecule has 0 atom stereocenters. The van der Waals surface area contributed by atoms with Gasteiger partial charge in [0.15, 0.2) is 0 Å². The molecular formula is C2H12Cl2N2O2Pt. The Morgan fingerprint density at radius 3 is 0.889 bits per heavy atom. The maximum absolute atomic E-state index is 7.00. The second-order valence-electron chi connectivity index (χ2n) is 0.0452. The monoisotopic (exact) mass is 361 g/mol. The largest absolute Gasteiger partial charge is 0.693 e. The number of hydrogen-bond donors (Lipinski definition) is 2. The van der Waals surface area contributed by atoms with Crippen molar-refractivity contribution in [2.45, 2.75) is 0 Å². The van der Waals surface area contributed by atoms with Gasteiger partial charge in [-0.25, -0.2) is 0 Å². The third-order valence-electron chi connectivity index (χ3n) is 0. The van der Waals surface area contributed by atoms with Crippen molar-refractivity contribution in [1.82, 2.24) is 0 Å². The van der Waals surface area contributed by atoms with E-state index in [1.807, 2.05) is 0 Å². The van der Waals surface area contributed by atoms with Crippen LogP contribution in [0.25, 0.3) is 12.3 Å². The molecule has 0 aromatic rings. The van der Waals surface area contributed by atoms with Crippen molar-refractivity contribution >= 4 is 18.8 Å². The molecule has 0 saturated heterocycles. The summed E-state index contributed by atoms with van der Waals surface area (Å²) >= 11 is -0.472. The van der Waals surface area contributed by atoms with Gasteiger partial charge in [-0.1, -0.05) is 0 Å². The van der Waals surface area contributed by atoms with Crippen LogP contribution < -0.4 is 0 Å². The van der Waals surface area contributed by atoms with Gasteiger partial charge in [0, 0.05) is 14.2 Å². The Labute approximate surface area is 72.1 Å². The molecule has 0 aromatic heterocycles. The first-order valence-corrected chi connectivity index (χ1v) is 6.76. The predicted molar refractivity (Wildman–Crippen MR) is 38.6 cm³/mol. The molecule has 0 aromatic carbocycles. The van der Waals surface area contributed by atoms with Crippen molar-refractivity contribution in [2.75, 3.05) is 14.2 Å². The molecule has 0 fully saturated rings. The molecule has 0 rings (SSSR count). The summed E-state index contributed by atoms with van der Waals surface area (Å²) in [4.78, 5) is 0. The van der Waals surface area contributed by atoms with Gasteiger partial charge in [0.25, 0.3) is 0 Å². The van der Waals surface area contributed by atoms with Crippen molar-refractivity contribution in [3.05, 3.63) is 12.3 Å². The molecule has 4 nitrogen and oxygen atoms in total. The van der Waals surface area contributed by atoms with Crippen molar-refractivity contribution in [3.8, 4) is 0 Å². The number of nitrogens with two attached hydrogens (primary N) is 2. The quantitative estimate of drug-likeness (QED) is 0.688. The molecule has 0 saturated carbocycles. The zero-order valence-corrected chi connectivity index (χ0v) is 8.91. The number of hydrogen-bond acceptors (Lipinski definition) is 2. The van der Waals surface area contributed by atoms with Crippen LogP contribution in [-0.4, -0.2) is 24.4 Å². The smallest absolute Gasteiger partial charge is 0.693 e. The summed E-state index contributed by atoms with van der Waals surface area (Å²) in [6.45, 7) is 0. The summed E-state index contributed by atoms with van der Waals surface area (Å²) in [5, 5.41) is 14.0. The van der Waals surface area contributed by atoms with E-state index in [0.717, 1.165) is 14.2 Å². The van der Waals surface area contributed by atoms with E-state index in [1.54, 1.807) is 0 Å². The van der Waals surface area contributed by atoms with Gasteiger partial charge in [-0.3, -0.25) is 0 Å². The molecule has 0 amide bonds. The minimum absolute atomic E-state index is 0. The fourth-order valence-electron chi connectivity index (χ4n) is 0. The van der Waals surface area contributed by atoms with Crippen LogP contribution >= 0.6 is 18.8 Å². The first-order valence-electron chi connectivity index (χ1n) is 1.13. The zero-order valence-electron chi connectivity index (χ0n) is 5.12. The maximum atomic E-state index is 7.00. The molecule has 6 N–H and O–H groups in total.